The lowest BCUT2D eigenvalue weighted by molar-refractivity contribution is -0.192. The number of hydrogen-bond acceptors (Lipinski definition) is 5. The number of nitrogens with zero attached hydrogens (tertiary/aromatic N) is 4. The smallest absolute Gasteiger partial charge is 0.475 e. The third-order valence-corrected chi connectivity index (χ3v) is 8.44. The number of aliphatic carboxylic acids is 1. The summed E-state index contributed by atoms with van der Waals surface area (Å²) in [6, 6.07) is 24.5. The number of carboxylic acid groups (broad SMARTS) is 1. The maximum atomic E-state index is 10.6. The standard InChI is InChI=1S/C29H34Cl2N4.C2HF3O2/c1-33-20-28(19-23-7-11-25(31)12-8-23)35(21-27(33)18-22-5-9-24(30)10-6-22)26-13-16-34(17-14-26)29-4-2-3-15-32-29;3-2(4,5)1(6)7/h2-12,15,26-28H,13-14,16-21H2,1H3;(H,6,7)/t27-,28-;/m0./s1. The van der Waals surface area contributed by atoms with Crippen LogP contribution in [0.4, 0.5) is 19.0 Å². The Kier molecular flexibility index (Phi) is 11.1. The number of piperazine rings is 1. The van der Waals surface area contributed by atoms with Crippen molar-refractivity contribution in [2.45, 2.75) is 50.0 Å². The van der Waals surface area contributed by atoms with Gasteiger partial charge in [0.05, 0.1) is 0 Å². The Morgan fingerprint density at radius 3 is 1.88 bits per heavy atom. The minimum Gasteiger partial charge on any atom is -0.475 e. The summed E-state index contributed by atoms with van der Waals surface area (Å²) >= 11 is 12.3. The number of anilines is 1. The largest absolute Gasteiger partial charge is 0.490 e. The first-order valence-corrected chi connectivity index (χ1v) is 14.7. The molecule has 42 heavy (non-hydrogen) atoms. The first-order valence-electron chi connectivity index (χ1n) is 13.9. The SMILES string of the molecule is CN1C[C@H](Cc2ccc(Cl)cc2)N(C2CCN(c3ccccn3)CC2)C[C@@H]1Cc1ccc(Cl)cc1.O=C(O)C(F)(F)F. The first-order chi connectivity index (χ1) is 20.0. The number of alkyl halides is 3. The molecule has 226 valence electrons. The van der Waals surface area contributed by atoms with E-state index in [1.54, 1.807) is 0 Å². The van der Waals surface area contributed by atoms with E-state index in [1.165, 1.54) is 24.0 Å². The molecule has 3 heterocycles. The predicted molar refractivity (Wildman–Crippen MR) is 160 cm³/mol. The van der Waals surface area contributed by atoms with Gasteiger partial charge in [-0.2, -0.15) is 13.2 Å². The van der Waals surface area contributed by atoms with Gasteiger partial charge in [-0.25, -0.2) is 9.78 Å². The molecule has 0 aliphatic carbocycles. The first kappa shape index (κ1) is 32.1. The Labute approximate surface area is 254 Å². The van der Waals surface area contributed by atoms with Gasteiger partial charge in [-0.15, -0.1) is 0 Å². The van der Waals surface area contributed by atoms with Crippen LogP contribution in [0.5, 0.6) is 0 Å². The molecule has 3 aromatic rings. The van der Waals surface area contributed by atoms with Crippen LogP contribution in [0.2, 0.25) is 10.0 Å². The van der Waals surface area contributed by atoms with E-state index in [0.717, 1.165) is 54.9 Å². The maximum Gasteiger partial charge on any atom is 0.490 e. The Balaban J connectivity index is 0.000000517. The zero-order chi connectivity index (χ0) is 30.3. The van der Waals surface area contributed by atoms with Crippen LogP contribution in [-0.4, -0.2) is 83.4 Å². The molecule has 2 fully saturated rings. The molecule has 2 aromatic carbocycles. The van der Waals surface area contributed by atoms with Gasteiger partial charge in [0.25, 0.3) is 0 Å². The Morgan fingerprint density at radius 1 is 0.881 bits per heavy atom. The van der Waals surface area contributed by atoms with Crippen molar-refractivity contribution in [1.29, 1.82) is 0 Å². The second-order valence-electron chi connectivity index (χ2n) is 10.8. The van der Waals surface area contributed by atoms with E-state index in [2.05, 4.69) is 63.1 Å². The van der Waals surface area contributed by atoms with Crippen molar-refractivity contribution >= 4 is 35.0 Å². The summed E-state index contributed by atoms with van der Waals surface area (Å²) in [6.07, 6.45) is 1.25. The average Bonchev–Trinajstić information content (AvgIpc) is 2.97. The lowest BCUT2D eigenvalue weighted by atomic mass is 9.92. The molecule has 5 rings (SSSR count). The highest BCUT2D eigenvalue weighted by atomic mass is 35.5. The highest BCUT2D eigenvalue weighted by Crippen LogP contribution is 2.29. The minimum absolute atomic E-state index is 0.492. The van der Waals surface area contributed by atoms with Crippen molar-refractivity contribution < 1.29 is 23.1 Å². The molecule has 2 aliphatic heterocycles. The summed E-state index contributed by atoms with van der Waals surface area (Å²) in [4.78, 5) is 21.3. The third kappa shape index (κ3) is 9.07. The van der Waals surface area contributed by atoms with E-state index in [4.69, 9.17) is 33.1 Å². The van der Waals surface area contributed by atoms with Gasteiger partial charge in [-0.05, 0) is 80.3 Å². The Bertz CT molecular complexity index is 1270. The number of pyridine rings is 1. The van der Waals surface area contributed by atoms with Crippen LogP contribution >= 0.6 is 23.2 Å². The summed E-state index contributed by atoms with van der Waals surface area (Å²) in [6.45, 7) is 4.28. The zero-order valence-electron chi connectivity index (χ0n) is 23.4. The van der Waals surface area contributed by atoms with E-state index in [1.807, 2.05) is 36.5 Å². The van der Waals surface area contributed by atoms with Crippen molar-refractivity contribution in [3.8, 4) is 0 Å². The lowest BCUT2D eigenvalue weighted by Gasteiger charge is -2.50. The number of benzene rings is 2. The molecular formula is C31H35Cl2F3N4O2. The molecule has 11 heteroatoms. The second-order valence-corrected chi connectivity index (χ2v) is 11.7. The zero-order valence-corrected chi connectivity index (χ0v) is 24.9. The predicted octanol–water partition coefficient (Wildman–Crippen LogP) is 6.46. The molecule has 0 amide bonds. The topological polar surface area (TPSA) is 59.9 Å². The highest BCUT2D eigenvalue weighted by Gasteiger charge is 2.38. The van der Waals surface area contributed by atoms with Gasteiger partial charge in [0.2, 0.25) is 0 Å². The van der Waals surface area contributed by atoms with Gasteiger partial charge in [-0.1, -0.05) is 53.5 Å². The number of rotatable bonds is 6. The average molecular weight is 624 g/mol. The van der Waals surface area contributed by atoms with E-state index in [0.29, 0.717) is 18.1 Å². The van der Waals surface area contributed by atoms with Crippen LogP contribution in [-0.2, 0) is 17.6 Å². The summed E-state index contributed by atoms with van der Waals surface area (Å²) in [5.41, 5.74) is 2.71. The fourth-order valence-corrected chi connectivity index (χ4v) is 5.97. The van der Waals surface area contributed by atoms with E-state index < -0.39 is 12.1 Å². The summed E-state index contributed by atoms with van der Waals surface area (Å²) in [5, 5.41) is 8.73. The van der Waals surface area contributed by atoms with Gasteiger partial charge >= 0.3 is 12.1 Å². The molecule has 6 nitrogen and oxygen atoms in total. The van der Waals surface area contributed by atoms with Gasteiger partial charge in [-0.3, -0.25) is 4.90 Å². The number of hydrogen-bond donors (Lipinski definition) is 1. The number of carboxylic acids is 1. The molecule has 1 N–H and O–H groups in total. The molecule has 0 spiro atoms. The molecule has 0 radical (unpaired) electrons. The molecule has 0 saturated carbocycles. The van der Waals surface area contributed by atoms with Crippen LogP contribution in [0.25, 0.3) is 0 Å². The summed E-state index contributed by atoms with van der Waals surface area (Å²) < 4.78 is 31.7. The number of piperidine rings is 1. The molecule has 2 atom stereocenters. The lowest BCUT2D eigenvalue weighted by Crippen LogP contribution is -2.62. The van der Waals surface area contributed by atoms with Crippen molar-refractivity contribution in [2.24, 2.45) is 0 Å². The third-order valence-electron chi connectivity index (χ3n) is 7.93. The Hall–Kier alpha value is -2.85. The second kappa shape index (κ2) is 14.6. The van der Waals surface area contributed by atoms with E-state index >= 15 is 0 Å². The van der Waals surface area contributed by atoms with Crippen LogP contribution < -0.4 is 4.90 Å². The molecule has 1 aromatic heterocycles. The molecule has 0 bridgehead atoms. The van der Waals surface area contributed by atoms with Crippen LogP contribution in [0.15, 0.2) is 72.9 Å². The van der Waals surface area contributed by atoms with Crippen molar-refractivity contribution in [3.05, 3.63) is 94.1 Å². The van der Waals surface area contributed by atoms with Crippen LogP contribution in [0, 0.1) is 0 Å². The van der Waals surface area contributed by atoms with Crippen molar-refractivity contribution in [2.75, 3.05) is 38.1 Å². The number of halogens is 5. The molecule has 2 aliphatic rings. The minimum atomic E-state index is -5.08. The normalized spacial score (nSPS) is 20.6. The van der Waals surface area contributed by atoms with Gasteiger partial charge in [0.15, 0.2) is 0 Å². The Morgan fingerprint density at radius 2 is 1.40 bits per heavy atom. The fourth-order valence-electron chi connectivity index (χ4n) is 5.72. The number of likely N-dealkylation sites (N-methyl/N-ethyl adjacent to an activating group) is 1. The van der Waals surface area contributed by atoms with Crippen molar-refractivity contribution in [1.82, 2.24) is 14.8 Å². The van der Waals surface area contributed by atoms with Crippen LogP contribution in [0.3, 0.4) is 0 Å². The molecule has 2 saturated heterocycles. The number of aromatic nitrogens is 1. The monoisotopic (exact) mass is 622 g/mol. The van der Waals surface area contributed by atoms with E-state index in [9.17, 15) is 13.2 Å². The van der Waals surface area contributed by atoms with Crippen LogP contribution in [0.1, 0.15) is 24.0 Å². The molecular weight excluding hydrogens is 588 g/mol. The van der Waals surface area contributed by atoms with Gasteiger partial charge in [0, 0.05) is 60.5 Å². The fraction of sp³-hybridized carbons (Fsp3) is 0.419. The van der Waals surface area contributed by atoms with Gasteiger partial charge < -0.3 is 14.9 Å². The maximum absolute atomic E-state index is 10.6. The molecule has 0 unspecified atom stereocenters. The number of carbonyl (C=O) groups is 1. The summed E-state index contributed by atoms with van der Waals surface area (Å²) in [7, 11) is 2.29. The highest BCUT2D eigenvalue weighted by molar-refractivity contribution is 6.30. The quantitative estimate of drug-likeness (QED) is 0.340. The van der Waals surface area contributed by atoms with Gasteiger partial charge in [0.1, 0.15) is 5.82 Å². The van der Waals surface area contributed by atoms with E-state index in [-0.39, 0.29) is 0 Å². The summed E-state index contributed by atoms with van der Waals surface area (Å²) in [5.74, 6) is -1.66. The van der Waals surface area contributed by atoms with Crippen molar-refractivity contribution in [3.63, 3.8) is 0 Å².